The van der Waals surface area contributed by atoms with E-state index in [9.17, 15) is 8.78 Å². The van der Waals surface area contributed by atoms with Crippen LogP contribution < -0.4 is 11.1 Å². The third kappa shape index (κ3) is 2.90. The summed E-state index contributed by atoms with van der Waals surface area (Å²) in [5.74, 6) is -1.28. The molecule has 20 heavy (non-hydrogen) atoms. The number of anilines is 1. The zero-order valence-corrected chi connectivity index (χ0v) is 11.5. The molecular weight excluding hydrogens is 284 g/mol. The van der Waals surface area contributed by atoms with Crippen LogP contribution in [0.4, 0.5) is 14.5 Å². The zero-order valence-electron chi connectivity index (χ0n) is 10.7. The summed E-state index contributed by atoms with van der Waals surface area (Å²) >= 11 is 4.64. The van der Waals surface area contributed by atoms with Crippen molar-refractivity contribution >= 4 is 22.9 Å². The van der Waals surface area contributed by atoms with Crippen molar-refractivity contribution in [3.63, 3.8) is 0 Å². The van der Waals surface area contributed by atoms with Crippen molar-refractivity contribution < 1.29 is 8.78 Å². The third-order valence-corrected chi connectivity index (χ3v) is 3.04. The Bertz CT molecular complexity index is 641. The number of nitrogens with one attached hydrogen (secondary N) is 1. The van der Waals surface area contributed by atoms with Crippen molar-refractivity contribution in [2.45, 2.75) is 6.42 Å². The van der Waals surface area contributed by atoms with Gasteiger partial charge in [0, 0.05) is 25.6 Å². The molecule has 0 amide bonds. The Morgan fingerprint density at radius 2 is 2.15 bits per heavy atom. The molecule has 0 aliphatic heterocycles. The maximum atomic E-state index is 13.8. The van der Waals surface area contributed by atoms with Crippen molar-refractivity contribution in [3.05, 3.63) is 41.5 Å². The fraction of sp³-hybridized carbons (Fsp3) is 0.250. The molecule has 0 unspecified atom stereocenters. The lowest BCUT2D eigenvalue weighted by Gasteiger charge is -2.10. The lowest BCUT2D eigenvalue weighted by molar-refractivity contribution is 0.509. The Labute approximate surface area is 119 Å². The van der Waals surface area contributed by atoms with E-state index < -0.39 is 11.6 Å². The van der Waals surface area contributed by atoms with E-state index in [0.29, 0.717) is 13.0 Å². The summed E-state index contributed by atoms with van der Waals surface area (Å²) in [5.41, 5.74) is 5.26. The molecule has 0 bridgehead atoms. The number of aromatic nitrogens is 3. The SMILES string of the molecule is Cn1cnnc1CCNc1ccc(C(N)=S)c(F)c1F. The first-order valence-electron chi connectivity index (χ1n) is 5.85. The van der Waals surface area contributed by atoms with Gasteiger partial charge in [-0.25, -0.2) is 8.78 Å². The van der Waals surface area contributed by atoms with Gasteiger partial charge in [0.15, 0.2) is 11.6 Å². The van der Waals surface area contributed by atoms with Gasteiger partial charge in [0.2, 0.25) is 0 Å². The van der Waals surface area contributed by atoms with Crippen molar-refractivity contribution in [1.82, 2.24) is 14.8 Å². The lowest BCUT2D eigenvalue weighted by atomic mass is 10.1. The van der Waals surface area contributed by atoms with Gasteiger partial charge in [-0.05, 0) is 12.1 Å². The van der Waals surface area contributed by atoms with Crippen LogP contribution in [0.3, 0.4) is 0 Å². The summed E-state index contributed by atoms with van der Waals surface area (Å²) < 4.78 is 29.2. The smallest absolute Gasteiger partial charge is 0.182 e. The van der Waals surface area contributed by atoms with Gasteiger partial charge in [-0.3, -0.25) is 0 Å². The number of nitrogens with two attached hydrogens (primary N) is 1. The molecule has 0 atom stereocenters. The van der Waals surface area contributed by atoms with E-state index in [1.165, 1.54) is 12.1 Å². The van der Waals surface area contributed by atoms with Crippen LogP contribution in [0, 0.1) is 11.6 Å². The molecule has 0 saturated heterocycles. The predicted molar refractivity (Wildman–Crippen MR) is 75.4 cm³/mol. The number of hydrogen-bond acceptors (Lipinski definition) is 4. The van der Waals surface area contributed by atoms with Gasteiger partial charge in [-0.15, -0.1) is 10.2 Å². The molecule has 1 aromatic heterocycles. The number of hydrogen-bond donors (Lipinski definition) is 2. The highest BCUT2D eigenvalue weighted by Gasteiger charge is 2.14. The minimum absolute atomic E-state index is 0.0599. The molecule has 0 fully saturated rings. The maximum Gasteiger partial charge on any atom is 0.182 e. The van der Waals surface area contributed by atoms with Gasteiger partial charge < -0.3 is 15.6 Å². The monoisotopic (exact) mass is 297 g/mol. The van der Waals surface area contributed by atoms with Gasteiger partial charge in [-0.1, -0.05) is 12.2 Å². The summed E-state index contributed by atoms with van der Waals surface area (Å²) in [4.78, 5) is -0.174. The normalized spacial score (nSPS) is 10.6. The second-order valence-corrected chi connectivity index (χ2v) is 4.63. The van der Waals surface area contributed by atoms with Crippen LogP contribution in [0.15, 0.2) is 18.5 Å². The summed E-state index contributed by atoms with van der Waals surface area (Å²) in [5, 5.41) is 10.4. The molecule has 2 rings (SSSR count). The van der Waals surface area contributed by atoms with Gasteiger partial charge in [0.25, 0.3) is 0 Å². The number of aryl methyl sites for hydroxylation is 1. The third-order valence-electron chi connectivity index (χ3n) is 2.82. The molecule has 0 aliphatic rings. The Morgan fingerprint density at radius 1 is 1.40 bits per heavy atom. The number of benzene rings is 1. The minimum Gasteiger partial charge on any atom is -0.389 e. The van der Waals surface area contributed by atoms with Crippen LogP contribution in [-0.2, 0) is 13.5 Å². The molecule has 2 aromatic rings. The number of thiocarbonyl (C=S) groups is 1. The van der Waals surface area contributed by atoms with Gasteiger partial charge in [0.05, 0.1) is 5.69 Å². The average molecular weight is 297 g/mol. The summed E-state index contributed by atoms with van der Waals surface area (Å²) in [6.07, 6.45) is 2.11. The molecule has 8 heteroatoms. The largest absolute Gasteiger partial charge is 0.389 e. The molecule has 0 radical (unpaired) electrons. The van der Waals surface area contributed by atoms with E-state index >= 15 is 0 Å². The van der Waals surface area contributed by atoms with E-state index in [2.05, 4.69) is 27.7 Å². The first-order chi connectivity index (χ1) is 9.50. The first-order valence-corrected chi connectivity index (χ1v) is 6.26. The van der Waals surface area contributed by atoms with E-state index in [1.54, 1.807) is 10.9 Å². The second kappa shape index (κ2) is 5.91. The summed E-state index contributed by atoms with van der Waals surface area (Å²) in [7, 11) is 1.81. The van der Waals surface area contributed by atoms with Crippen LogP contribution in [0.5, 0.6) is 0 Å². The summed E-state index contributed by atoms with van der Waals surface area (Å²) in [6, 6.07) is 2.76. The Hall–Kier alpha value is -2.09. The molecule has 106 valence electrons. The first kappa shape index (κ1) is 14.3. The number of rotatable bonds is 5. The highest BCUT2D eigenvalue weighted by atomic mass is 32.1. The highest BCUT2D eigenvalue weighted by Crippen LogP contribution is 2.20. The van der Waals surface area contributed by atoms with Crippen LogP contribution in [0.2, 0.25) is 0 Å². The summed E-state index contributed by atoms with van der Waals surface area (Å²) in [6.45, 7) is 0.398. The van der Waals surface area contributed by atoms with Crippen LogP contribution in [0.1, 0.15) is 11.4 Å². The molecule has 0 aliphatic carbocycles. The Kier molecular flexibility index (Phi) is 4.23. The topological polar surface area (TPSA) is 68.8 Å². The Balaban J connectivity index is 2.05. The van der Waals surface area contributed by atoms with Crippen molar-refractivity contribution in [3.8, 4) is 0 Å². The average Bonchev–Trinajstić information content (AvgIpc) is 2.80. The molecule has 1 aromatic carbocycles. The molecule has 0 spiro atoms. The molecule has 1 heterocycles. The zero-order chi connectivity index (χ0) is 14.7. The van der Waals surface area contributed by atoms with Crippen LogP contribution >= 0.6 is 12.2 Å². The lowest BCUT2D eigenvalue weighted by Crippen LogP contribution is -2.15. The van der Waals surface area contributed by atoms with Crippen molar-refractivity contribution in [2.75, 3.05) is 11.9 Å². The molecule has 0 saturated carbocycles. The van der Waals surface area contributed by atoms with E-state index in [1.807, 2.05) is 7.05 Å². The second-order valence-electron chi connectivity index (χ2n) is 4.19. The maximum absolute atomic E-state index is 13.8. The van der Waals surface area contributed by atoms with Crippen molar-refractivity contribution in [2.24, 2.45) is 12.8 Å². The van der Waals surface area contributed by atoms with E-state index in [-0.39, 0.29) is 16.2 Å². The molecule has 3 N–H and O–H groups in total. The Morgan fingerprint density at radius 3 is 2.75 bits per heavy atom. The van der Waals surface area contributed by atoms with Crippen LogP contribution in [0.25, 0.3) is 0 Å². The fourth-order valence-corrected chi connectivity index (χ4v) is 1.88. The van der Waals surface area contributed by atoms with Gasteiger partial charge >= 0.3 is 0 Å². The minimum atomic E-state index is -1.04. The van der Waals surface area contributed by atoms with E-state index in [4.69, 9.17) is 5.73 Å². The molecule has 5 nitrogen and oxygen atoms in total. The predicted octanol–water partition coefficient (Wildman–Crippen LogP) is 1.38. The highest BCUT2D eigenvalue weighted by molar-refractivity contribution is 7.80. The number of nitrogens with zero attached hydrogens (tertiary/aromatic N) is 3. The van der Waals surface area contributed by atoms with E-state index in [0.717, 1.165) is 5.82 Å². The van der Waals surface area contributed by atoms with Crippen LogP contribution in [-0.4, -0.2) is 26.3 Å². The number of halogens is 2. The van der Waals surface area contributed by atoms with Gasteiger partial charge in [-0.2, -0.15) is 0 Å². The quantitative estimate of drug-likeness (QED) is 0.816. The fourth-order valence-electron chi connectivity index (χ4n) is 1.72. The van der Waals surface area contributed by atoms with Gasteiger partial charge in [0.1, 0.15) is 17.1 Å². The standard InChI is InChI=1S/C12H13F2N5S/c1-19-6-17-18-9(19)4-5-16-8-3-2-7(12(15)20)10(13)11(8)14/h2-3,6,16H,4-5H2,1H3,(H2,15,20). The van der Waals surface area contributed by atoms with Crippen molar-refractivity contribution in [1.29, 1.82) is 0 Å². The molecular formula is C12H13F2N5S.